The summed E-state index contributed by atoms with van der Waals surface area (Å²) in [6.45, 7) is 6.30. The van der Waals surface area contributed by atoms with Crippen molar-refractivity contribution in [2.75, 3.05) is 0 Å². The van der Waals surface area contributed by atoms with Gasteiger partial charge >= 0.3 is 0 Å². The van der Waals surface area contributed by atoms with Crippen LogP contribution in [0.2, 0.25) is 5.02 Å². The van der Waals surface area contributed by atoms with Crippen LogP contribution in [0.25, 0.3) is 0 Å². The minimum absolute atomic E-state index is 0.0194. The van der Waals surface area contributed by atoms with Gasteiger partial charge in [0.1, 0.15) is 17.3 Å². The molecule has 0 aromatic heterocycles. The summed E-state index contributed by atoms with van der Waals surface area (Å²) >= 11 is 6.26. The van der Waals surface area contributed by atoms with E-state index in [-0.39, 0.29) is 11.2 Å². The Labute approximate surface area is 118 Å². The number of benzene rings is 2. The summed E-state index contributed by atoms with van der Waals surface area (Å²) in [6, 6.07) is 11.6. The van der Waals surface area contributed by atoms with Crippen molar-refractivity contribution in [1.29, 1.82) is 0 Å². The molecular formula is C16H16ClFO. The standard InChI is InChI=1S/C16H16ClFO/c1-16(2,3)14-8-7-13(10-15(14)17)19-12-6-4-5-11(18)9-12/h4-10H,1-3H3. The molecule has 0 saturated carbocycles. The Morgan fingerprint density at radius 3 is 2.26 bits per heavy atom. The molecule has 2 rings (SSSR count). The Balaban J connectivity index is 2.26. The van der Waals surface area contributed by atoms with E-state index >= 15 is 0 Å². The van der Waals surface area contributed by atoms with Crippen molar-refractivity contribution in [3.63, 3.8) is 0 Å². The highest BCUT2D eigenvalue weighted by Crippen LogP contribution is 2.33. The maximum Gasteiger partial charge on any atom is 0.130 e. The maximum absolute atomic E-state index is 13.1. The van der Waals surface area contributed by atoms with Crippen LogP contribution in [-0.4, -0.2) is 0 Å². The third-order valence-corrected chi connectivity index (χ3v) is 3.09. The summed E-state index contributed by atoms with van der Waals surface area (Å²) in [5, 5.41) is 0.654. The van der Waals surface area contributed by atoms with Gasteiger partial charge in [0.25, 0.3) is 0 Å². The van der Waals surface area contributed by atoms with Crippen LogP contribution in [0.5, 0.6) is 11.5 Å². The predicted octanol–water partition coefficient (Wildman–Crippen LogP) is 5.57. The second-order valence-corrected chi connectivity index (χ2v) is 5.86. The average molecular weight is 279 g/mol. The molecule has 0 spiro atoms. The van der Waals surface area contributed by atoms with Crippen LogP contribution < -0.4 is 4.74 Å². The minimum Gasteiger partial charge on any atom is -0.457 e. The lowest BCUT2D eigenvalue weighted by molar-refractivity contribution is 0.475. The first-order valence-electron chi connectivity index (χ1n) is 6.10. The quantitative estimate of drug-likeness (QED) is 0.698. The number of hydrogen-bond donors (Lipinski definition) is 0. The SMILES string of the molecule is CC(C)(C)c1ccc(Oc2cccc(F)c2)cc1Cl. The molecular weight excluding hydrogens is 263 g/mol. The van der Waals surface area contributed by atoms with Crippen molar-refractivity contribution in [3.8, 4) is 11.5 Å². The van der Waals surface area contributed by atoms with E-state index in [0.717, 1.165) is 5.56 Å². The van der Waals surface area contributed by atoms with E-state index in [1.165, 1.54) is 12.1 Å². The highest BCUT2D eigenvalue weighted by Gasteiger charge is 2.17. The van der Waals surface area contributed by atoms with Crippen LogP contribution in [0.15, 0.2) is 42.5 Å². The number of rotatable bonds is 2. The molecule has 2 aromatic rings. The lowest BCUT2D eigenvalue weighted by atomic mass is 9.87. The van der Waals surface area contributed by atoms with Crippen molar-refractivity contribution in [3.05, 3.63) is 58.9 Å². The highest BCUT2D eigenvalue weighted by atomic mass is 35.5. The normalized spacial score (nSPS) is 11.4. The molecule has 0 atom stereocenters. The number of halogens is 2. The van der Waals surface area contributed by atoms with Gasteiger partial charge in [0, 0.05) is 11.1 Å². The summed E-state index contributed by atoms with van der Waals surface area (Å²) < 4.78 is 18.6. The van der Waals surface area contributed by atoms with Crippen LogP contribution in [0.4, 0.5) is 4.39 Å². The first kappa shape index (κ1) is 13.9. The van der Waals surface area contributed by atoms with E-state index < -0.39 is 0 Å². The largest absolute Gasteiger partial charge is 0.457 e. The van der Waals surface area contributed by atoms with Gasteiger partial charge in [0.05, 0.1) is 0 Å². The topological polar surface area (TPSA) is 9.23 Å². The van der Waals surface area contributed by atoms with Gasteiger partial charge in [0.2, 0.25) is 0 Å². The Morgan fingerprint density at radius 2 is 1.68 bits per heavy atom. The van der Waals surface area contributed by atoms with Crippen LogP contribution in [0.3, 0.4) is 0 Å². The summed E-state index contributed by atoms with van der Waals surface area (Å²) in [7, 11) is 0. The third-order valence-electron chi connectivity index (χ3n) is 2.78. The fourth-order valence-electron chi connectivity index (χ4n) is 1.83. The lowest BCUT2D eigenvalue weighted by Gasteiger charge is -2.21. The molecule has 0 amide bonds. The van der Waals surface area contributed by atoms with Gasteiger partial charge in [-0.1, -0.05) is 44.5 Å². The number of ether oxygens (including phenoxy) is 1. The smallest absolute Gasteiger partial charge is 0.130 e. The van der Waals surface area contributed by atoms with Gasteiger partial charge in [0.15, 0.2) is 0 Å². The van der Waals surface area contributed by atoms with Crippen molar-refractivity contribution >= 4 is 11.6 Å². The van der Waals surface area contributed by atoms with Gasteiger partial charge in [-0.25, -0.2) is 4.39 Å². The van der Waals surface area contributed by atoms with Crippen LogP contribution in [0, 0.1) is 5.82 Å². The Bertz CT molecular complexity index is 588. The molecule has 0 aliphatic heterocycles. The molecule has 0 aliphatic rings. The molecule has 19 heavy (non-hydrogen) atoms. The highest BCUT2D eigenvalue weighted by molar-refractivity contribution is 6.31. The van der Waals surface area contributed by atoms with E-state index in [2.05, 4.69) is 20.8 Å². The van der Waals surface area contributed by atoms with Crippen molar-refractivity contribution < 1.29 is 9.13 Å². The van der Waals surface area contributed by atoms with E-state index in [0.29, 0.717) is 16.5 Å². The van der Waals surface area contributed by atoms with Crippen molar-refractivity contribution in [2.24, 2.45) is 0 Å². The Kier molecular flexibility index (Phi) is 3.81. The van der Waals surface area contributed by atoms with Crippen LogP contribution in [0.1, 0.15) is 26.3 Å². The zero-order valence-corrected chi connectivity index (χ0v) is 12.0. The molecule has 0 radical (unpaired) electrons. The van der Waals surface area contributed by atoms with Crippen molar-refractivity contribution in [2.45, 2.75) is 26.2 Å². The monoisotopic (exact) mass is 278 g/mol. The Morgan fingerprint density at radius 1 is 1.00 bits per heavy atom. The molecule has 0 fully saturated rings. The Hall–Kier alpha value is -1.54. The van der Waals surface area contributed by atoms with Gasteiger partial charge in [-0.2, -0.15) is 0 Å². The summed E-state index contributed by atoms with van der Waals surface area (Å²) in [6.07, 6.45) is 0. The third kappa shape index (κ3) is 3.48. The van der Waals surface area contributed by atoms with E-state index in [4.69, 9.17) is 16.3 Å². The first-order chi connectivity index (χ1) is 8.86. The van der Waals surface area contributed by atoms with E-state index in [1.807, 2.05) is 12.1 Å². The van der Waals surface area contributed by atoms with Crippen molar-refractivity contribution in [1.82, 2.24) is 0 Å². The van der Waals surface area contributed by atoms with Gasteiger partial charge in [-0.05, 0) is 35.2 Å². The second kappa shape index (κ2) is 5.22. The maximum atomic E-state index is 13.1. The van der Waals surface area contributed by atoms with Crippen LogP contribution in [-0.2, 0) is 5.41 Å². The predicted molar refractivity (Wildman–Crippen MR) is 76.6 cm³/mol. The zero-order chi connectivity index (χ0) is 14.0. The van der Waals surface area contributed by atoms with Gasteiger partial charge in [-0.15, -0.1) is 0 Å². The minimum atomic E-state index is -0.324. The molecule has 3 heteroatoms. The molecule has 2 aromatic carbocycles. The molecule has 1 nitrogen and oxygen atoms in total. The zero-order valence-electron chi connectivity index (χ0n) is 11.2. The van der Waals surface area contributed by atoms with E-state index in [1.54, 1.807) is 18.2 Å². The fraction of sp³-hybridized carbons (Fsp3) is 0.250. The molecule has 0 saturated heterocycles. The fourth-order valence-corrected chi connectivity index (χ4v) is 2.29. The van der Waals surface area contributed by atoms with E-state index in [9.17, 15) is 4.39 Å². The average Bonchev–Trinajstić information content (AvgIpc) is 2.27. The molecule has 0 N–H and O–H groups in total. The molecule has 100 valence electrons. The first-order valence-corrected chi connectivity index (χ1v) is 6.47. The molecule has 0 bridgehead atoms. The molecule has 0 heterocycles. The second-order valence-electron chi connectivity index (χ2n) is 5.45. The molecule has 0 unspecified atom stereocenters. The lowest BCUT2D eigenvalue weighted by Crippen LogP contribution is -2.11. The summed E-state index contributed by atoms with van der Waals surface area (Å²) in [5.41, 5.74) is 1.04. The molecule has 0 aliphatic carbocycles. The summed E-state index contributed by atoms with van der Waals surface area (Å²) in [4.78, 5) is 0. The summed E-state index contributed by atoms with van der Waals surface area (Å²) in [5.74, 6) is 0.734. The number of hydrogen-bond acceptors (Lipinski definition) is 1. The van der Waals surface area contributed by atoms with Crippen LogP contribution >= 0.6 is 11.6 Å². The van der Waals surface area contributed by atoms with Gasteiger partial charge in [-0.3, -0.25) is 0 Å². The van der Waals surface area contributed by atoms with Gasteiger partial charge < -0.3 is 4.74 Å².